The van der Waals surface area contributed by atoms with Crippen molar-refractivity contribution in [1.29, 1.82) is 0 Å². The molecular weight excluding hydrogens is 1060 g/mol. The largest absolute Gasteiger partial charge is 0.457 e. The first kappa shape index (κ1) is 52.3. The van der Waals surface area contributed by atoms with Gasteiger partial charge in [-0.05, 0) is 198 Å². The van der Waals surface area contributed by atoms with Crippen molar-refractivity contribution in [2.24, 2.45) is 0 Å². The molecule has 7 heteroatoms. The predicted molar refractivity (Wildman–Crippen MR) is 334 cm³/mol. The lowest BCUT2D eigenvalue weighted by Crippen LogP contribution is -2.29. The number of nitrogens with zero attached hydrogens (tertiary/aromatic N) is 1. The lowest BCUT2D eigenvalue weighted by atomic mass is 9.67. The second-order valence-electron chi connectivity index (χ2n) is 21.4. The minimum atomic E-state index is -1.17. The molecule has 14 rings (SSSR count). The standard InChI is InChI=1S/C78H51F4NO2/c1-3-50-18-34-61(35-19-50)84-63-38-24-54(25-39-63)77(56-28-44-73(79)75(81)46-56)69-16-10-8-14-65(69)67-42-32-59(48-71(67)77)83(58-30-22-53(23-31-58)52-12-6-5-7-13-52)60-33-43-68-66-15-9-11-17-70(66)78(72(68)49-60,57-29-45-74(80)76(82)47-57)55-26-40-64(41-27-55)85-62-36-20-51(4-2)21-37-62/h3-49H,1-2H2. The zero-order valence-electron chi connectivity index (χ0n) is 45.8. The fourth-order valence-electron chi connectivity index (χ4n) is 12.9. The molecule has 0 N–H and O–H groups in total. The molecule has 2 unspecified atom stereocenters. The molecule has 12 aromatic rings. The van der Waals surface area contributed by atoms with E-state index in [1.54, 1.807) is 24.3 Å². The topological polar surface area (TPSA) is 21.7 Å². The summed E-state index contributed by atoms with van der Waals surface area (Å²) in [6, 6.07) is 87.0. The van der Waals surface area contributed by atoms with Crippen LogP contribution in [0.3, 0.4) is 0 Å². The Hall–Kier alpha value is -10.8. The predicted octanol–water partition coefficient (Wildman–Crippen LogP) is 21.0. The van der Waals surface area contributed by atoms with Gasteiger partial charge in [0.1, 0.15) is 23.0 Å². The fraction of sp³-hybridized carbons (Fsp3) is 0.0256. The maximum Gasteiger partial charge on any atom is 0.159 e. The van der Waals surface area contributed by atoms with Gasteiger partial charge in [0, 0.05) is 17.1 Å². The summed E-state index contributed by atoms with van der Waals surface area (Å²) in [4.78, 5) is 2.20. The van der Waals surface area contributed by atoms with E-state index in [-0.39, 0.29) is 0 Å². The first-order chi connectivity index (χ1) is 41.6. The zero-order chi connectivity index (χ0) is 57.8. The van der Waals surface area contributed by atoms with Crippen LogP contribution < -0.4 is 14.4 Å². The fourth-order valence-corrected chi connectivity index (χ4v) is 12.9. The maximum absolute atomic E-state index is 16.1. The number of hydrogen-bond acceptors (Lipinski definition) is 3. The third-order valence-corrected chi connectivity index (χ3v) is 16.8. The molecule has 3 nitrogen and oxygen atoms in total. The van der Waals surface area contributed by atoms with Crippen molar-refractivity contribution >= 4 is 29.2 Å². The van der Waals surface area contributed by atoms with E-state index in [9.17, 15) is 0 Å². The Morgan fingerprint density at radius 2 is 0.647 bits per heavy atom. The van der Waals surface area contributed by atoms with Gasteiger partial charge in [0.2, 0.25) is 0 Å². The van der Waals surface area contributed by atoms with Crippen LogP contribution in [-0.2, 0) is 10.8 Å². The Balaban J connectivity index is 0.981. The summed E-state index contributed by atoms with van der Waals surface area (Å²) in [6.45, 7) is 7.75. The van der Waals surface area contributed by atoms with E-state index in [4.69, 9.17) is 9.47 Å². The molecule has 0 bridgehead atoms. The molecule has 0 radical (unpaired) electrons. The lowest BCUT2D eigenvalue weighted by molar-refractivity contribution is 0.482. The molecule has 0 aliphatic heterocycles. The number of benzene rings is 12. The molecule has 2 aliphatic rings. The molecule has 408 valence electrons. The van der Waals surface area contributed by atoms with Gasteiger partial charge < -0.3 is 14.4 Å². The molecule has 0 heterocycles. The van der Waals surface area contributed by atoms with Gasteiger partial charge in [0.15, 0.2) is 23.3 Å². The monoisotopic (exact) mass is 1110 g/mol. The Bertz CT molecular complexity index is 4290. The van der Waals surface area contributed by atoms with Crippen LogP contribution in [-0.4, -0.2) is 0 Å². The van der Waals surface area contributed by atoms with E-state index in [0.717, 1.165) is 95.0 Å². The second kappa shape index (κ2) is 21.2. The molecular formula is C78H51F4NO2. The van der Waals surface area contributed by atoms with Gasteiger partial charge in [0.05, 0.1) is 10.8 Å². The van der Waals surface area contributed by atoms with Crippen molar-refractivity contribution in [3.05, 3.63) is 365 Å². The number of fused-ring (bicyclic) bond motifs is 6. The van der Waals surface area contributed by atoms with Crippen molar-refractivity contribution in [2.75, 3.05) is 4.90 Å². The molecule has 0 saturated heterocycles. The summed E-state index contributed by atoms with van der Waals surface area (Å²) in [6.07, 6.45) is 3.55. The van der Waals surface area contributed by atoms with Crippen LogP contribution in [0, 0.1) is 23.3 Å². The van der Waals surface area contributed by atoms with E-state index < -0.39 is 34.1 Å². The van der Waals surface area contributed by atoms with Gasteiger partial charge in [-0.1, -0.05) is 189 Å². The zero-order valence-corrected chi connectivity index (χ0v) is 45.8. The molecule has 0 fully saturated rings. The molecule has 0 saturated carbocycles. The SMILES string of the molecule is C=Cc1ccc(Oc2ccc(C3(c4ccc(F)c(F)c4)c4ccccc4-c4ccc(N(c5ccc(-c6ccccc6)cc5)c5ccc6c(c5)C(c5ccc(Oc7ccc(C=C)cc7)cc5)(c5ccc(F)c(F)c5)c5ccccc5-6)cc43)cc2)cc1. The van der Waals surface area contributed by atoms with Crippen LogP contribution in [0.5, 0.6) is 23.0 Å². The molecule has 12 aromatic carbocycles. The summed E-state index contributed by atoms with van der Waals surface area (Å²) in [5.74, 6) is -1.34. The Kier molecular flexibility index (Phi) is 13.1. The highest BCUT2D eigenvalue weighted by atomic mass is 19.2. The summed E-state index contributed by atoms with van der Waals surface area (Å²) in [5.41, 5.74) is 14.0. The highest BCUT2D eigenvalue weighted by molar-refractivity contribution is 5.92. The molecule has 2 atom stereocenters. The second-order valence-corrected chi connectivity index (χ2v) is 21.4. The number of ether oxygens (including phenoxy) is 2. The summed E-state index contributed by atoms with van der Waals surface area (Å²) < 4.78 is 75.4. The molecule has 0 amide bonds. The maximum atomic E-state index is 16.1. The van der Waals surface area contributed by atoms with Crippen molar-refractivity contribution in [2.45, 2.75) is 10.8 Å². The van der Waals surface area contributed by atoms with Crippen molar-refractivity contribution in [1.82, 2.24) is 0 Å². The van der Waals surface area contributed by atoms with Crippen molar-refractivity contribution in [3.63, 3.8) is 0 Å². The number of rotatable bonds is 14. The summed E-state index contributed by atoms with van der Waals surface area (Å²) in [7, 11) is 0. The van der Waals surface area contributed by atoms with Crippen LogP contribution in [0.15, 0.2) is 286 Å². The van der Waals surface area contributed by atoms with Crippen LogP contribution in [0.1, 0.15) is 55.6 Å². The average molecular weight is 1110 g/mol. The Labute approximate surface area is 491 Å². The smallest absolute Gasteiger partial charge is 0.159 e. The van der Waals surface area contributed by atoms with Crippen molar-refractivity contribution in [3.8, 4) is 56.4 Å². The molecule has 2 aliphatic carbocycles. The minimum Gasteiger partial charge on any atom is -0.457 e. The first-order valence-corrected chi connectivity index (χ1v) is 28.0. The van der Waals surface area contributed by atoms with Gasteiger partial charge in [-0.2, -0.15) is 0 Å². The third-order valence-electron chi connectivity index (χ3n) is 16.8. The highest BCUT2D eigenvalue weighted by Gasteiger charge is 2.49. The van der Waals surface area contributed by atoms with Crippen LogP contribution >= 0.6 is 0 Å². The quantitative estimate of drug-likeness (QED) is 0.101. The lowest BCUT2D eigenvalue weighted by Gasteiger charge is -2.36. The van der Waals surface area contributed by atoms with Crippen molar-refractivity contribution < 1.29 is 27.0 Å². The Morgan fingerprint density at radius 3 is 1.06 bits per heavy atom. The van der Waals surface area contributed by atoms with Gasteiger partial charge in [-0.25, -0.2) is 17.6 Å². The van der Waals surface area contributed by atoms with Gasteiger partial charge in [0.25, 0.3) is 0 Å². The summed E-state index contributed by atoms with van der Waals surface area (Å²) in [5, 5.41) is 0. The molecule has 0 spiro atoms. The van der Waals surface area contributed by atoms with E-state index in [2.05, 4.69) is 115 Å². The van der Waals surface area contributed by atoms with Gasteiger partial charge >= 0.3 is 0 Å². The van der Waals surface area contributed by atoms with E-state index in [1.165, 1.54) is 24.3 Å². The van der Waals surface area contributed by atoms with Gasteiger partial charge in [-0.15, -0.1) is 0 Å². The highest BCUT2D eigenvalue weighted by Crippen LogP contribution is 2.60. The normalized spacial score (nSPS) is 15.2. The van der Waals surface area contributed by atoms with E-state index >= 15 is 17.6 Å². The van der Waals surface area contributed by atoms with Crippen LogP contribution in [0.4, 0.5) is 34.6 Å². The van der Waals surface area contributed by atoms with Crippen LogP contribution in [0.25, 0.3) is 45.5 Å². The molecule has 0 aromatic heterocycles. The number of halogens is 4. The molecule has 85 heavy (non-hydrogen) atoms. The van der Waals surface area contributed by atoms with Crippen LogP contribution in [0.2, 0.25) is 0 Å². The minimum absolute atomic E-state index is 0.538. The van der Waals surface area contributed by atoms with E-state index in [1.807, 2.05) is 140 Å². The van der Waals surface area contributed by atoms with E-state index in [0.29, 0.717) is 34.1 Å². The first-order valence-electron chi connectivity index (χ1n) is 28.0. The number of anilines is 3. The summed E-state index contributed by atoms with van der Waals surface area (Å²) >= 11 is 0. The number of hydrogen-bond donors (Lipinski definition) is 0. The van der Waals surface area contributed by atoms with Gasteiger partial charge in [-0.3, -0.25) is 0 Å². The Morgan fingerprint density at radius 1 is 0.294 bits per heavy atom. The third kappa shape index (κ3) is 8.82. The average Bonchev–Trinajstić information content (AvgIpc) is 1.62.